The first-order chi connectivity index (χ1) is 15.0. The van der Waals surface area contributed by atoms with Crippen molar-refractivity contribution in [2.75, 3.05) is 4.90 Å². The van der Waals surface area contributed by atoms with Gasteiger partial charge in [-0.05, 0) is 61.4 Å². The number of amides is 2. The van der Waals surface area contributed by atoms with Crippen LogP contribution in [0.5, 0.6) is 0 Å². The maximum atomic E-state index is 13.7. The molecule has 1 fully saturated rings. The number of hydrogen-bond acceptors (Lipinski definition) is 5. The van der Waals surface area contributed by atoms with E-state index in [0.29, 0.717) is 5.69 Å². The van der Waals surface area contributed by atoms with Gasteiger partial charge in [-0.3, -0.25) is 19.5 Å². The van der Waals surface area contributed by atoms with Gasteiger partial charge in [-0.1, -0.05) is 25.0 Å². The lowest BCUT2D eigenvalue weighted by Crippen LogP contribution is -2.46. The summed E-state index contributed by atoms with van der Waals surface area (Å²) >= 11 is 1.47. The van der Waals surface area contributed by atoms with Gasteiger partial charge in [0.1, 0.15) is 5.69 Å². The van der Waals surface area contributed by atoms with Crippen LogP contribution in [0.15, 0.2) is 54.3 Å². The van der Waals surface area contributed by atoms with Crippen LogP contribution < -0.4 is 10.2 Å². The number of nitrogens with one attached hydrogen (secondary N) is 1. The number of nitrogens with zero attached hydrogens (tertiary/aromatic N) is 3. The number of anilines is 1. The molecule has 1 aliphatic carbocycles. The van der Waals surface area contributed by atoms with E-state index in [1.807, 2.05) is 49.6 Å². The SMILES string of the molecule is Cc1cc(C)cc(N(C(=O)c2cnccn2)[C@@H](C(=O)NC2CCCC2)c2cccs2)c1. The standard InChI is InChI=1S/C24H26N4O2S/c1-16-12-17(2)14-19(13-16)28(24(30)20-15-25-9-10-26-20)22(21-8-5-11-31-21)23(29)27-18-6-3-4-7-18/h5,8-15,18,22H,3-4,6-7H2,1-2H3,(H,27,29)/t22-/m1/s1. The second kappa shape index (κ2) is 9.39. The van der Waals surface area contributed by atoms with Crippen molar-refractivity contribution in [3.63, 3.8) is 0 Å². The molecule has 1 aromatic carbocycles. The van der Waals surface area contributed by atoms with E-state index < -0.39 is 6.04 Å². The molecular formula is C24H26N4O2S. The zero-order valence-corrected chi connectivity index (χ0v) is 18.6. The average Bonchev–Trinajstić information content (AvgIpc) is 3.45. The van der Waals surface area contributed by atoms with Gasteiger partial charge >= 0.3 is 0 Å². The number of aryl methyl sites for hydroxylation is 2. The van der Waals surface area contributed by atoms with Crippen LogP contribution in [0, 0.1) is 13.8 Å². The molecule has 0 aliphatic heterocycles. The molecule has 0 spiro atoms. The fourth-order valence-corrected chi connectivity index (χ4v) is 4.99. The second-order valence-corrected chi connectivity index (χ2v) is 9.00. The van der Waals surface area contributed by atoms with E-state index >= 15 is 0 Å². The number of thiophene rings is 1. The summed E-state index contributed by atoms with van der Waals surface area (Å²) in [6.07, 6.45) is 8.66. The number of hydrogen-bond donors (Lipinski definition) is 1. The number of carbonyl (C=O) groups excluding carboxylic acids is 2. The topological polar surface area (TPSA) is 75.2 Å². The molecule has 0 radical (unpaired) electrons. The van der Waals surface area contributed by atoms with Crippen molar-refractivity contribution in [3.8, 4) is 0 Å². The van der Waals surface area contributed by atoms with Crippen molar-refractivity contribution < 1.29 is 9.59 Å². The predicted molar refractivity (Wildman–Crippen MR) is 122 cm³/mol. The van der Waals surface area contributed by atoms with Crippen LogP contribution >= 0.6 is 11.3 Å². The van der Waals surface area contributed by atoms with E-state index in [4.69, 9.17) is 0 Å². The normalized spacial score (nSPS) is 14.9. The van der Waals surface area contributed by atoms with Gasteiger partial charge in [-0.2, -0.15) is 0 Å². The Morgan fingerprint density at radius 3 is 2.48 bits per heavy atom. The van der Waals surface area contributed by atoms with Crippen LogP contribution in [-0.4, -0.2) is 27.8 Å². The Kier molecular flexibility index (Phi) is 6.42. The molecule has 2 aromatic heterocycles. The van der Waals surface area contributed by atoms with Crippen LogP contribution in [0.2, 0.25) is 0 Å². The highest BCUT2D eigenvalue weighted by atomic mass is 32.1. The highest BCUT2D eigenvalue weighted by molar-refractivity contribution is 7.10. The van der Waals surface area contributed by atoms with Crippen LogP contribution in [0.3, 0.4) is 0 Å². The number of aromatic nitrogens is 2. The average molecular weight is 435 g/mol. The summed E-state index contributed by atoms with van der Waals surface area (Å²) in [6.45, 7) is 3.97. The van der Waals surface area contributed by atoms with Crippen molar-refractivity contribution in [3.05, 3.63) is 76.0 Å². The maximum Gasteiger partial charge on any atom is 0.279 e. The highest BCUT2D eigenvalue weighted by Crippen LogP contribution is 2.33. The van der Waals surface area contributed by atoms with Crippen LogP contribution in [0.1, 0.15) is 58.2 Å². The zero-order chi connectivity index (χ0) is 21.8. The molecule has 3 aromatic rings. The van der Waals surface area contributed by atoms with Crippen LogP contribution in [0.25, 0.3) is 0 Å². The number of benzene rings is 1. The molecule has 0 saturated heterocycles. The maximum absolute atomic E-state index is 13.7. The van der Waals surface area contributed by atoms with E-state index in [1.165, 1.54) is 29.9 Å². The molecule has 0 unspecified atom stereocenters. The van der Waals surface area contributed by atoms with Crippen LogP contribution in [-0.2, 0) is 4.79 Å². The lowest BCUT2D eigenvalue weighted by atomic mass is 10.1. The van der Waals surface area contributed by atoms with Gasteiger partial charge in [0.2, 0.25) is 5.91 Å². The van der Waals surface area contributed by atoms with E-state index in [1.54, 1.807) is 4.90 Å². The Balaban J connectivity index is 1.81. The first-order valence-corrected chi connectivity index (χ1v) is 11.4. The molecule has 1 N–H and O–H groups in total. The van der Waals surface area contributed by atoms with Gasteiger partial charge in [0.15, 0.2) is 6.04 Å². The van der Waals surface area contributed by atoms with Gasteiger partial charge < -0.3 is 5.32 Å². The molecule has 7 heteroatoms. The molecule has 1 aliphatic rings. The van der Waals surface area contributed by atoms with Crippen molar-refractivity contribution in [1.82, 2.24) is 15.3 Å². The Morgan fingerprint density at radius 2 is 1.87 bits per heavy atom. The molecule has 6 nitrogen and oxygen atoms in total. The Morgan fingerprint density at radius 1 is 1.13 bits per heavy atom. The van der Waals surface area contributed by atoms with Crippen molar-refractivity contribution in [2.45, 2.75) is 51.6 Å². The van der Waals surface area contributed by atoms with Gasteiger partial charge in [0.05, 0.1) is 6.20 Å². The molecule has 160 valence electrons. The smallest absolute Gasteiger partial charge is 0.279 e. The molecule has 1 atom stereocenters. The van der Waals surface area contributed by atoms with Crippen LogP contribution in [0.4, 0.5) is 5.69 Å². The Labute approximate surface area is 186 Å². The van der Waals surface area contributed by atoms with Gasteiger partial charge in [-0.25, -0.2) is 4.98 Å². The molecule has 2 amide bonds. The molecule has 2 heterocycles. The van der Waals surface area contributed by atoms with E-state index in [9.17, 15) is 9.59 Å². The lowest BCUT2D eigenvalue weighted by molar-refractivity contribution is -0.123. The third kappa shape index (κ3) is 4.82. The Hall–Kier alpha value is -3.06. The summed E-state index contributed by atoms with van der Waals surface area (Å²) < 4.78 is 0. The van der Waals surface area contributed by atoms with Crippen molar-refractivity contribution >= 4 is 28.8 Å². The summed E-state index contributed by atoms with van der Waals surface area (Å²) in [5, 5.41) is 5.12. The summed E-state index contributed by atoms with van der Waals surface area (Å²) in [5.74, 6) is -0.510. The molecule has 4 rings (SSSR count). The minimum absolute atomic E-state index is 0.155. The first kappa shape index (κ1) is 21.2. The molecule has 0 bridgehead atoms. The lowest BCUT2D eigenvalue weighted by Gasteiger charge is -2.31. The molecule has 31 heavy (non-hydrogen) atoms. The predicted octanol–water partition coefficient (Wildman–Crippen LogP) is 4.60. The van der Waals surface area contributed by atoms with E-state index in [-0.39, 0.29) is 23.6 Å². The summed E-state index contributed by atoms with van der Waals surface area (Å²) in [4.78, 5) is 37.9. The molecule has 1 saturated carbocycles. The number of rotatable bonds is 6. The first-order valence-electron chi connectivity index (χ1n) is 10.5. The number of carbonyl (C=O) groups is 2. The second-order valence-electron chi connectivity index (χ2n) is 8.02. The van der Waals surface area contributed by atoms with Gasteiger partial charge in [0, 0.05) is 29.0 Å². The quantitative estimate of drug-likeness (QED) is 0.615. The zero-order valence-electron chi connectivity index (χ0n) is 17.7. The fourth-order valence-electron chi connectivity index (χ4n) is 4.18. The largest absolute Gasteiger partial charge is 0.351 e. The summed E-state index contributed by atoms with van der Waals surface area (Å²) in [6, 6.07) is 9.10. The monoisotopic (exact) mass is 434 g/mol. The van der Waals surface area contributed by atoms with Gasteiger partial charge in [-0.15, -0.1) is 11.3 Å². The van der Waals surface area contributed by atoms with Crippen molar-refractivity contribution in [2.24, 2.45) is 0 Å². The van der Waals surface area contributed by atoms with Crippen molar-refractivity contribution in [1.29, 1.82) is 0 Å². The molecular weight excluding hydrogens is 408 g/mol. The minimum atomic E-state index is -0.781. The third-order valence-electron chi connectivity index (χ3n) is 5.51. The summed E-state index contributed by atoms with van der Waals surface area (Å²) in [7, 11) is 0. The fraction of sp³-hybridized carbons (Fsp3) is 0.333. The summed E-state index contributed by atoms with van der Waals surface area (Å²) in [5.41, 5.74) is 2.92. The van der Waals surface area contributed by atoms with Gasteiger partial charge in [0.25, 0.3) is 5.91 Å². The van der Waals surface area contributed by atoms with E-state index in [0.717, 1.165) is 41.7 Å². The minimum Gasteiger partial charge on any atom is -0.351 e. The third-order valence-corrected chi connectivity index (χ3v) is 6.43. The highest BCUT2D eigenvalue weighted by Gasteiger charge is 2.36. The Bertz CT molecular complexity index is 1030. The van der Waals surface area contributed by atoms with E-state index in [2.05, 4.69) is 15.3 Å².